The lowest BCUT2D eigenvalue weighted by Crippen LogP contribution is -2.37. The van der Waals surface area contributed by atoms with E-state index in [2.05, 4.69) is 27.9 Å². The van der Waals surface area contributed by atoms with Crippen LogP contribution in [0.4, 0.5) is 11.6 Å². The molecule has 2 aromatic heterocycles. The van der Waals surface area contributed by atoms with Crippen LogP contribution in [0.3, 0.4) is 0 Å². The number of rotatable bonds is 9. The minimum Gasteiger partial charge on any atom is -0.480 e. The van der Waals surface area contributed by atoms with Gasteiger partial charge in [0.1, 0.15) is 11.6 Å². The van der Waals surface area contributed by atoms with Crippen LogP contribution in [0.15, 0.2) is 59.7 Å². The van der Waals surface area contributed by atoms with Crippen LogP contribution in [0.25, 0.3) is 16.7 Å². The van der Waals surface area contributed by atoms with Gasteiger partial charge in [-0.25, -0.2) is 10.5 Å². The van der Waals surface area contributed by atoms with Crippen molar-refractivity contribution in [3.05, 3.63) is 87.3 Å². The Bertz CT molecular complexity index is 1720. The Kier molecular flexibility index (Phi) is 7.68. The lowest BCUT2D eigenvalue weighted by Gasteiger charge is -2.20. The number of pyridine rings is 1. The minimum absolute atomic E-state index is 0.0756. The van der Waals surface area contributed by atoms with Gasteiger partial charge in [-0.1, -0.05) is 18.2 Å². The van der Waals surface area contributed by atoms with Crippen molar-refractivity contribution in [2.75, 3.05) is 25.5 Å². The van der Waals surface area contributed by atoms with Crippen LogP contribution in [0.2, 0.25) is 0 Å². The van der Waals surface area contributed by atoms with Crippen molar-refractivity contribution in [3.8, 4) is 5.69 Å². The molecule has 1 unspecified atom stereocenters. The summed E-state index contributed by atoms with van der Waals surface area (Å²) < 4.78 is 1.75. The average molecular weight is 569 g/mol. The van der Waals surface area contributed by atoms with E-state index in [4.69, 9.17) is 9.82 Å². The van der Waals surface area contributed by atoms with Gasteiger partial charge in [0, 0.05) is 30.3 Å². The lowest BCUT2D eigenvalue weighted by molar-refractivity contribution is -0.142. The SMILES string of the molecule is CONC(=O)c1cn(-c2ccc3c(c2)CCC3)c2nc(Nc3ccc(CCN4CCCC4C(=O)O)cc3)ncc2c1=O. The first-order valence-corrected chi connectivity index (χ1v) is 14.1. The first kappa shape index (κ1) is 27.6. The maximum atomic E-state index is 13.3. The monoisotopic (exact) mass is 568 g/mol. The van der Waals surface area contributed by atoms with E-state index in [9.17, 15) is 19.5 Å². The van der Waals surface area contributed by atoms with Gasteiger partial charge in [0.2, 0.25) is 11.4 Å². The number of hydrogen-bond donors (Lipinski definition) is 3. The molecule has 216 valence electrons. The zero-order chi connectivity index (χ0) is 29.2. The summed E-state index contributed by atoms with van der Waals surface area (Å²) in [7, 11) is 1.31. The summed E-state index contributed by atoms with van der Waals surface area (Å²) in [5.41, 5.74) is 7.27. The molecule has 0 spiro atoms. The Morgan fingerprint density at radius 3 is 2.69 bits per heavy atom. The number of aryl methyl sites for hydroxylation is 2. The van der Waals surface area contributed by atoms with E-state index >= 15 is 0 Å². The molecule has 1 aliphatic carbocycles. The Balaban J connectivity index is 1.28. The molecular weight excluding hydrogens is 536 g/mol. The van der Waals surface area contributed by atoms with Crippen LogP contribution in [0.1, 0.15) is 46.3 Å². The van der Waals surface area contributed by atoms with E-state index in [1.165, 1.54) is 30.6 Å². The molecule has 1 saturated heterocycles. The highest BCUT2D eigenvalue weighted by molar-refractivity contribution is 5.96. The number of carbonyl (C=O) groups is 2. The number of carboxylic acids is 1. The van der Waals surface area contributed by atoms with Gasteiger partial charge in [-0.3, -0.25) is 24.1 Å². The number of aliphatic carboxylic acids is 1. The van der Waals surface area contributed by atoms with Gasteiger partial charge < -0.3 is 15.0 Å². The van der Waals surface area contributed by atoms with Crippen molar-refractivity contribution >= 4 is 34.5 Å². The van der Waals surface area contributed by atoms with Crippen LogP contribution in [-0.4, -0.2) is 62.7 Å². The molecule has 3 N–H and O–H groups in total. The van der Waals surface area contributed by atoms with Gasteiger partial charge in [0.25, 0.3) is 5.91 Å². The van der Waals surface area contributed by atoms with Crippen molar-refractivity contribution in [1.29, 1.82) is 0 Å². The summed E-state index contributed by atoms with van der Waals surface area (Å²) in [4.78, 5) is 53.3. The average Bonchev–Trinajstić information content (AvgIpc) is 3.66. The Hall–Kier alpha value is -4.61. The predicted molar refractivity (Wildman–Crippen MR) is 157 cm³/mol. The van der Waals surface area contributed by atoms with E-state index in [1.807, 2.05) is 35.2 Å². The zero-order valence-corrected chi connectivity index (χ0v) is 23.3. The van der Waals surface area contributed by atoms with E-state index < -0.39 is 23.3 Å². The zero-order valence-electron chi connectivity index (χ0n) is 23.3. The first-order chi connectivity index (χ1) is 20.4. The van der Waals surface area contributed by atoms with Crippen LogP contribution in [0, 0.1) is 0 Å². The van der Waals surface area contributed by atoms with Crippen LogP contribution < -0.4 is 16.2 Å². The summed E-state index contributed by atoms with van der Waals surface area (Å²) in [6.45, 7) is 1.51. The highest BCUT2D eigenvalue weighted by Gasteiger charge is 2.29. The van der Waals surface area contributed by atoms with Gasteiger partial charge in [0.15, 0.2) is 5.65 Å². The van der Waals surface area contributed by atoms with Crippen molar-refractivity contribution in [3.63, 3.8) is 0 Å². The van der Waals surface area contributed by atoms with E-state index in [0.29, 0.717) is 24.6 Å². The van der Waals surface area contributed by atoms with Crippen molar-refractivity contribution in [2.45, 2.75) is 44.6 Å². The molecule has 1 fully saturated rings. The third-order valence-electron chi connectivity index (χ3n) is 8.09. The predicted octanol–water partition coefficient (Wildman–Crippen LogP) is 3.40. The van der Waals surface area contributed by atoms with Crippen molar-refractivity contribution in [2.24, 2.45) is 0 Å². The Morgan fingerprint density at radius 2 is 1.90 bits per heavy atom. The quantitative estimate of drug-likeness (QED) is 0.259. The van der Waals surface area contributed by atoms with Crippen molar-refractivity contribution < 1.29 is 19.5 Å². The van der Waals surface area contributed by atoms with Crippen molar-refractivity contribution in [1.82, 2.24) is 24.9 Å². The third-order valence-corrected chi connectivity index (χ3v) is 8.09. The second-order valence-corrected chi connectivity index (χ2v) is 10.7. The lowest BCUT2D eigenvalue weighted by atomic mass is 10.1. The summed E-state index contributed by atoms with van der Waals surface area (Å²) in [6.07, 6.45) is 8.41. The number of anilines is 2. The number of fused-ring (bicyclic) bond motifs is 2. The molecule has 3 heterocycles. The topological polar surface area (TPSA) is 139 Å². The minimum atomic E-state index is -0.751. The summed E-state index contributed by atoms with van der Waals surface area (Å²) >= 11 is 0. The Morgan fingerprint density at radius 1 is 1.10 bits per heavy atom. The normalized spacial score (nSPS) is 16.5. The number of aromatic nitrogens is 3. The second kappa shape index (κ2) is 11.7. The second-order valence-electron chi connectivity index (χ2n) is 10.7. The van der Waals surface area contributed by atoms with Gasteiger partial charge in [-0.2, -0.15) is 4.98 Å². The fourth-order valence-electron chi connectivity index (χ4n) is 5.92. The van der Waals surface area contributed by atoms with Gasteiger partial charge in [0.05, 0.1) is 12.5 Å². The fraction of sp³-hybridized carbons (Fsp3) is 0.323. The third kappa shape index (κ3) is 5.48. The Labute approximate surface area is 242 Å². The molecule has 11 nitrogen and oxygen atoms in total. The number of nitrogens with zero attached hydrogens (tertiary/aromatic N) is 4. The number of likely N-dealkylation sites (tertiary alicyclic amines) is 1. The standard InChI is InChI=1S/C31H32N6O5/c1-42-35-29(39)25-18-37(23-12-9-20-4-2-5-21(20)16-23)28-24(27(25)38)17-32-31(34-28)33-22-10-7-19(8-11-22)13-15-36-14-3-6-26(36)30(40)41/h7-12,16-18,26H,2-6,13-15H2,1H3,(H,35,39)(H,40,41)(H,32,33,34). The number of carbonyl (C=O) groups excluding carboxylic acids is 1. The van der Waals surface area contributed by atoms with Crippen LogP contribution >= 0.6 is 0 Å². The highest BCUT2D eigenvalue weighted by atomic mass is 16.6. The summed E-state index contributed by atoms with van der Waals surface area (Å²) in [5, 5.41) is 12.8. The first-order valence-electron chi connectivity index (χ1n) is 14.1. The molecular formula is C31H32N6O5. The highest BCUT2D eigenvalue weighted by Crippen LogP contribution is 2.26. The van der Waals surface area contributed by atoms with E-state index in [-0.39, 0.29) is 10.9 Å². The van der Waals surface area contributed by atoms with Gasteiger partial charge >= 0.3 is 5.97 Å². The van der Waals surface area contributed by atoms with E-state index in [1.54, 1.807) is 4.57 Å². The maximum Gasteiger partial charge on any atom is 0.320 e. The molecule has 0 radical (unpaired) electrons. The fourth-order valence-corrected chi connectivity index (χ4v) is 5.92. The molecule has 11 heteroatoms. The smallest absolute Gasteiger partial charge is 0.320 e. The molecule has 0 saturated carbocycles. The number of nitrogens with one attached hydrogen (secondary N) is 2. The summed E-state index contributed by atoms with van der Waals surface area (Å²) in [6, 6.07) is 13.6. The number of hydroxylamine groups is 1. The molecule has 6 rings (SSSR count). The number of benzene rings is 2. The van der Waals surface area contributed by atoms with Crippen LogP contribution in [0.5, 0.6) is 0 Å². The number of amides is 1. The molecule has 0 bridgehead atoms. The number of carboxylic acid groups (broad SMARTS) is 1. The molecule has 1 atom stereocenters. The molecule has 1 amide bonds. The number of hydrogen-bond acceptors (Lipinski definition) is 8. The largest absolute Gasteiger partial charge is 0.480 e. The maximum absolute atomic E-state index is 13.3. The molecule has 2 aromatic carbocycles. The summed E-state index contributed by atoms with van der Waals surface area (Å²) in [5.74, 6) is -1.09. The van der Waals surface area contributed by atoms with Gasteiger partial charge in [-0.05, 0) is 86.0 Å². The van der Waals surface area contributed by atoms with Gasteiger partial charge in [-0.15, -0.1) is 0 Å². The molecule has 4 aromatic rings. The molecule has 1 aliphatic heterocycles. The van der Waals surface area contributed by atoms with Crippen LogP contribution in [-0.2, 0) is 28.9 Å². The molecule has 2 aliphatic rings. The van der Waals surface area contributed by atoms with E-state index in [0.717, 1.165) is 55.6 Å². The molecule has 42 heavy (non-hydrogen) atoms.